The molecule has 4 nitrogen and oxygen atoms in total. The van der Waals surface area contributed by atoms with Gasteiger partial charge >= 0.3 is 0 Å². The summed E-state index contributed by atoms with van der Waals surface area (Å²) >= 11 is 0. The molecule has 0 saturated carbocycles. The van der Waals surface area contributed by atoms with E-state index in [1.165, 1.54) is 12.8 Å². The number of nitrogens with zero attached hydrogens (tertiary/aromatic N) is 1. The number of hydrogen-bond donors (Lipinski definition) is 1. The van der Waals surface area contributed by atoms with Crippen LogP contribution in [0.1, 0.15) is 43.9 Å². The predicted molar refractivity (Wildman–Crippen MR) is 61.3 cm³/mol. The van der Waals surface area contributed by atoms with Gasteiger partial charge in [0, 0.05) is 13.0 Å². The fourth-order valence-corrected chi connectivity index (χ4v) is 1.94. The van der Waals surface area contributed by atoms with Crippen molar-refractivity contribution in [2.75, 3.05) is 13.7 Å². The summed E-state index contributed by atoms with van der Waals surface area (Å²) in [6.07, 6.45) is 6.61. The van der Waals surface area contributed by atoms with Crippen LogP contribution in [0, 0.1) is 0 Å². The lowest BCUT2D eigenvalue weighted by atomic mass is 10.1. The van der Waals surface area contributed by atoms with Crippen LogP contribution in [0.25, 0.3) is 0 Å². The van der Waals surface area contributed by atoms with Crippen molar-refractivity contribution in [1.29, 1.82) is 0 Å². The molecule has 2 rings (SSSR count). The summed E-state index contributed by atoms with van der Waals surface area (Å²) in [7, 11) is 1.90. The van der Waals surface area contributed by atoms with Crippen LogP contribution in [0.4, 0.5) is 0 Å². The van der Waals surface area contributed by atoms with Crippen LogP contribution in [0.5, 0.6) is 0 Å². The lowest BCUT2D eigenvalue weighted by molar-refractivity contribution is 0.103. The lowest BCUT2D eigenvalue weighted by Gasteiger charge is -2.07. The average molecular weight is 224 g/mol. The minimum atomic E-state index is 0.177. The zero-order valence-corrected chi connectivity index (χ0v) is 10.0. The molecule has 1 aliphatic heterocycles. The van der Waals surface area contributed by atoms with E-state index in [1.807, 2.05) is 20.2 Å². The van der Waals surface area contributed by atoms with Crippen molar-refractivity contribution in [3.05, 3.63) is 17.8 Å². The Balaban J connectivity index is 1.82. The van der Waals surface area contributed by atoms with Gasteiger partial charge in [0.25, 0.3) is 0 Å². The standard InChI is InChI=1S/C12H20N2O2/c1-9(13-2)12-14-8-11(16-12)6-5-10-4-3-7-15-10/h8-10,13H,3-7H2,1-2H3. The minimum Gasteiger partial charge on any atom is -0.444 e. The second-order valence-corrected chi connectivity index (χ2v) is 4.35. The molecule has 2 unspecified atom stereocenters. The average Bonchev–Trinajstić information content (AvgIpc) is 2.96. The van der Waals surface area contributed by atoms with Crippen LogP contribution in [0.15, 0.2) is 10.6 Å². The fourth-order valence-electron chi connectivity index (χ4n) is 1.94. The van der Waals surface area contributed by atoms with Gasteiger partial charge in [0.05, 0.1) is 18.3 Å². The molecule has 1 aromatic heterocycles. The third kappa shape index (κ3) is 2.83. The number of nitrogens with one attached hydrogen (secondary N) is 1. The fraction of sp³-hybridized carbons (Fsp3) is 0.750. The normalized spacial score (nSPS) is 22.5. The van der Waals surface area contributed by atoms with Crippen LogP contribution in [-0.4, -0.2) is 24.7 Å². The second-order valence-electron chi connectivity index (χ2n) is 4.35. The van der Waals surface area contributed by atoms with Crippen LogP contribution in [-0.2, 0) is 11.2 Å². The molecule has 0 aromatic carbocycles. The molecule has 1 fully saturated rings. The largest absolute Gasteiger partial charge is 0.444 e. The van der Waals surface area contributed by atoms with E-state index >= 15 is 0 Å². The molecule has 16 heavy (non-hydrogen) atoms. The van der Waals surface area contributed by atoms with Gasteiger partial charge in [0.15, 0.2) is 0 Å². The van der Waals surface area contributed by atoms with Crippen molar-refractivity contribution in [1.82, 2.24) is 10.3 Å². The van der Waals surface area contributed by atoms with E-state index < -0.39 is 0 Å². The lowest BCUT2D eigenvalue weighted by Crippen LogP contribution is -2.12. The molecule has 4 heteroatoms. The summed E-state index contributed by atoms with van der Waals surface area (Å²) in [5.74, 6) is 1.73. The van der Waals surface area contributed by atoms with Gasteiger partial charge in [-0.25, -0.2) is 4.98 Å². The number of rotatable bonds is 5. The molecule has 1 saturated heterocycles. The molecule has 0 radical (unpaired) electrons. The predicted octanol–water partition coefficient (Wildman–Crippen LogP) is 2.07. The monoisotopic (exact) mass is 224 g/mol. The Morgan fingerprint density at radius 1 is 1.62 bits per heavy atom. The van der Waals surface area contributed by atoms with E-state index in [-0.39, 0.29) is 6.04 Å². The Kier molecular flexibility index (Phi) is 3.96. The molecule has 90 valence electrons. The molecule has 0 aliphatic carbocycles. The topological polar surface area (TPSA) is 47.3 Å². The third-order valence-corrected chi connectivity index (χ3v) is 3.11. The van der Waals surface area contributed by atoms with Gasteiger partial charge in [-0.3, -0.25) is 0 Å². The number of oxazole rings is 1. The summed E-state index contributed by atoms with van der Waals surface area (Å²) < 4.78 is 11.2. The molecule has 1 aliphatic rings. The van der Waals surface area contributed by atoms with E-state index in [0.29, 0.717) is 6.10 Å². The van der Waals surface area contributed by atoms with Gasteiger partial charge in [-0.15, -0.1) is 0 Å². The van der Waals surface area contributed by atoms with Crippen molar-refractivity contribution < 1.29 is 9.15 Å². The number of aryl methyl sites for hydroxylation is 1. The van der Waals surface area contributed by atoms with Crippen LogP contribution in [0.3, 0.4) is 0 Å². The summed E-state index contributed by atoms with van der Waals surface area (Å²) in [5.41, 5.74) is 0. The van der Waals surface area contributed by atoms with E-state index in [2.05, 4.69) is 10.3 Å². The highest BCUT2D eigenvalue weighted by Crippen LogP contribution is 2.19. The van der Waals surface area contributed by atoms with Crippen molar-refractivity contribution in [2.45, 2.75) is 44.8 Å². The Bertz CT molecular complexity index is 319. The van der Waals surface area contributed by atoms with Gasteiger partial charge in [-0.2, -0.15) is 0 Å². The summed E-state index contributed by atoms with van der Waals surface area (Å²) in [6, 6.07) is 0.177. The first-order chi connectivity index (χ1) is 7.79. The van der Waals surface area contributed by atoms with Crippen molar-refractivity contribution in [2.24, 2.45) is 0 Å². The maximum absolute atomic E-state index is 5.67. The summed E-state index contributed by atoms with van der Waals surface area (Å²) in [6.45, 7) is 2.96. The highest BCUT2D eigenvalue weighted by Gasteiger charge is 2.16. The first-order valence-corrected chi connectivity index (χ1v) is 6.03. The van der Waals surface area contributed by atoms with Gasteiger partial charge in [0.1, 0.15) is 5.76 Å². The highest BCUT2D eigenvalue weighted by atomic mass is 16.5. The van der Waals surface area contributed by atoms with Crippen molar-refractivity contribution in [3.8, 4) is 0 Å². The molecular formula is C12H20N2O2. The number of hydrogen-bond acceptors (Lipinski definition) is 4. The van der Waals surface area contributed by atoms with E-state index in [4.69, 9.17) is 9.15 Å². The van der Waals surface area contributed by atoms with E-state index in [1.54, 1.807) is 0 Å². The Hall–Kier alpha value is -0.870. The highest BCUT2D eigenvalue weighted by molar-refractivity contribution is 4.97. The first kappa shape index (κ1) is 11.6. The summed E-state index contributed by atoms with van der Waals surface area (Å²) in [5, 5.41) is 3.11. The van der Waals surface area contributed by atoms with Crippen molar-refractivity contribution >= 4 is 0 Å². The molecule has 0 spiro atoms. The number of ether oxygens (including phenoxy) is 1. The van der Waals surface area contributed by atoms with E-state index in [0.717, 1.165) is 31.1 Å². The third-order valence-electron chi connectivity index (χ3n) is 3.11. The van der Waals surface area contributed by atoms with Crippen LogP contribution < -0.4 is 5.32 Å². The molecule has 1 aromatic rings. The molecule has 1 N–H and O–H groups in total. The van der Waals surface area contributed by atoms with E-state index in [9.17, 15) is 0 Å². The van der Waals surface area contributed by atoms with Gasteiger partial charge in [-0.05, 0) is 33.2 Å². The van der Waals surface area contributed by atoms with Gasteiger partial charge < -0.3 is 14.5 Å². The maximum atomic E-state index is 5.67. The van der Waals surface area contributed by atoms with Gasteiger partial charge in [0.2, 0.25) is 5.89 Å². The molecule has 2 atom stereocenters. The summed E-state index contributed by atoms with van der Waals surface area (Å²) in [4.78, 5) is 4.26. The zero-order valence-electron chi connectivity index (χ0n) is 10.0. The Morgan fingerprint density at radius 3 is 3.19 bits per heavy atom. The SMILES string of the molecule is CNC(C)c1ncc(CCC2CCCO2)o1. The quantitative estimate of drug-likeness (QED) is 0.831. The molecule has 0 amide bonds. The van der Waals surface area contributed by atoms with Crippen molar-refractivity contribution in [3.63, 3.8) is 0 Å². The molecule has 2 heterocycles. The number of aromatic nitrogens is 1. The van der Waals surface area contributed by atoms with Crippen LogP contribution in [0.2, 0.25) is 0 Å². The molecular weight excluding hydrogens is 204 g/mol. The minimum absolute atomic E-state index is 0.177. The Morgan fingerprint density at radius 2 is 2.50 bits per heavy atom. The first-order valence-electron chi connectivity index (χ1n) is 6.03. The zero-order chi connectivity index (χ0) is 11.4. The Labute approximate surface area is 96.4 Å². The van der Waals surface area contributed by atoms with Crippen LogP contribution >= 0.6 is 0 Å². The second kappa shape index (κ2) is 5.46. The smallest absolute Gasteiger partial charge is 0.211 e. The van der Waals surface area contributed by atoms with Gasteiger partial charge in [-0.1, -0.05) is 0 Å². The molecule has 0 bridgehead atoms. The maximum Gasteiger partial charge on any atom is 0.211 e.